The Bertz CT molecular complexity index is 410. The van der Waals surface area contributed by atoms with E-state index in [9.17, 15) is 24.9 Å². The molecule has 172 valence electrons. The van der Waals surface area contributed by atoms with E-state index >= 15 is 0 Å². The van der Waals surface area contributed by atoms with Gasteiger partial charge in [-0.15, -0.1) is 0 Å². The lowest BCUT2D eigenvalue weighted by Crippen LogP contribution is -2.41. The van der Waals surface area contributed by atoms with Gasteiger partial charge in [0, 0.05) is 0 Å². The first kappa shape index (κ1) is 28.1. The maximum atomic E-state index is 12.4. The van der Waals surface area contributed by atoms with Crippen LogP contribution in [0.3, 0.4) is 0 Å². The van der Waals surface area contributed by atoms with E-state index in [2.05, 4.69) is 13.8 Å². The van der Waals surface area contributed by atoms with Crippen LogP contribution in [0, 0.1) is 5.92 Å². The van der Waals surface area contributed by atoms with Gasteiger partial charge in [0.15, 0.2) is 5.78 Å². The molecule has 0 fully saturated rings. The van der Waals surface area contributed by atoms with Gasteiger partial charge in [0.1, 0.15) is 12.0 Å². The fraction of sp³-hybridized carbons (Fsp3) is 0.917. The molecular formula is C24H46O5. The Morgan fingerprint density at radius 2 is 1.00 bits per heavy atom. The van der Waals surface area contributed by atoms with Crippen LogP contribution in [0.25, 0.3) is 0 Å². The van der Waals surface area contributed by atoms with Crippen molar-refractivity contribution in [2.24, 2.45) is 5.92 Å². The van der Waals surface area contributed by atoms with E-state index in [1.54, 1.807) is 0 Å². The predicted molar refractivity (Wildman–Crippen MR) is 118 cm³/mol. The molecule has 5 heteroatoms. The molecule has 3 atom stereocenters. The second kappa shape index (κ2) is 19.0. The number of aliphatic carboxylic acids is 1. The number of Topliss-reactive ketones (excluding diaryl/α,β-unsaturated/α-hetero) is 1. The van der Waals surface area contributed by atoms with E-state index in [-0.39, 0.29) is 12.8 Å². The molecular weight excluding hydrogens is 368 g/mol. The van der Waals surface area contributed by atoms with Crippen molar-refractivity contribution >= 4 is 11.8 Å². The highest BCUT2D eigenvalue weighted by Crippen LogP contribution is 2.19. The quantitative estimate of drug-likeness (QED) is 0.167. The van der Waals surface area contributed by atoms with E-state index in [0.717, 1.165) is 38.5 Å². The molecule has 0 heterocycles. The summed E-state index contributed by atoms with van der Waals surface area (Å²) in [5.41, 5.74) is 0. The van der Waals surface area contributed by atoms with Crippen LogP contribution in [0.2, 0.25) is 0 Å². The molecule has 0 aliphatic heterocycles. The van der Waals surface area contributed by atoms with E-state index < -0.39 is 29.9 Å². The summed E-state index contributed by atoms with van der Waals surface area (Å²) in [7, 11) is 0. The van der Waals surface area contributed by atoms with Crippen LogP contribution in [-0.2, 0) is 9.59 Å². The first-order chi connectivity index (χ1) is 14.0. The molecule has 0 aromatic rings. The lowest BCUT2D eigenvalue weighted by atomic mass is 9.89. The molecule has 0 bridgehead atoms. The van der Waals surface area contributed by atoms with Crippen molar-refractivity contribution < 1.29 is 24.9 Å². The Balaban J connectivity index is 4.03. The Hall–Kier alpha value is -0.940. The number of rotatable bonds is 21. The standard InChI is InChI=1S/C24H46O5/c1-3-5-7-9-10-11-12-13-15-17-19-21(26)23(27)22(24(28)29)20(25)18-16-14-8-6-4-2/h20-22,25-26H,3-19H2,1-2H3,(H,28,29). The molecule has 3 N–H and O–H groups in total. The molecule has 0 aromatic heterocycles. The molecule has 5 nitrogen and oxygen atoms in total. The summed E-state index contributed by atoms with van der Waals surface area (Å²) >= 11 is 0. The average molecular weight is 415 g/mol. The predicted octanol–water partition coefficient (Wildman–Crippen LogP) is 5.65. The highest BCUT2D eigenvalue weighted by atomic mass is 16.4. The number of carboxylic acid groups (broad SMARTS) is 1. The second-order valence-corrected chi connectivity index (χ2v) is 8.47. The number of carbonyl (C=O) groups excluding carboxylic acids is 1. The molecule has 0 aromatic carbocycles. The topological polar surface area (TPSA) is 94.8 Å². The van der Waals surface area contributed by atoms with Gasteiger partial charge in [0.05, 0.1) is 6.10 Å². The molecule has 3 unspecified atom stereocenters. The molecule has 29 heavy (non-hydrogen) atoms. The van der Waals surface area contributed by atoms with E-state index in [1.807, 2.05) is 0 Å². The number of ketones is 1. The van der Waals surface area contributed by atoms with E-state index in [0.29, 0.717) is 12.8 Å². The van der Waals surface area contributed by atoms with Gasteiger partial charge in [-0.1, -0.05) is 110 Å². The van der Waals surface area contributed by atoms with Crippen LogP contribution in [0.4, 0.5) is 0 Å². The van der Waals surface area contributed by atoms with Gasteiger partial charge in [0.25, 0.3) is 0 Å². The van der Waals surface area contributed by atoms with E-state index in [1.165, 1.54) is 44.9 Å². The first-order valence-electron chi connectivity index (χ1n) is 12.1. The third-order valence-corrected chi connectivity index (χ3v) is 5.72. The van der Waals surface area contributed by atoms with Gasteiger partial charge in [-0.2, -0.15) is 0 Å². The average Bonchev–Trinajstić information content (AvgIpc) is 2.68. The molecule has 0 amide bonds. The summed E-state index contributed by atoms with van der Waals surface area (Å²) in [6.07, 6.45) is 14.6. The summed E-state index contributed by atoms with van der Waals surface area (Å²) in [5, 5.41) is 29.7. The van der Waals surface area contributed by atoms with Crippen LogP contribution in [-0.4, -0.2) is 39.3 Å². The fourth-order valence-electron chi connectivity index (χ4n) is 3.77. The zero-order valence-electron chi connectivity index (χ0n) is 18.9. The monoisotopic (exact) mass is 414 g/mol. The smallest absolute Gasteiger partial charge is 0.316 e. The minimum absolute atomic E-state index is 0.280. The maximum absolute atomic E-state index is 12.4. The Morgan fingerprint density at radius 1 is 0.621 bits per heavy atom. The lowest BCUT2D eigenvalue weighted by Gasteiger charge is -2.21. The van der Waals surface area contributed by atoms with Crippen molar-refractivity contribution in [3.63, 3.8) is 0 Å². The number of aliphatic hydroxyl groups is 2. The van der Waals surface area contributed by atoms with Crippen molar-refractivity contribution in [2.45, 2.75) is 135 Å². The largest absolute Gasteiger partial charge is 0.481 e. The second-order valence-electron chi connectivity index (χ2n) is 8.47. The van der Waals surface area contributed by atoms with Crippen LogP contribution < -0.4 is 0 Å². The third kappa shape index (κ3) is 14.6. The van der Waals surface area contributed by atoms with Crippen molar-refractivity contribution in [1.82, 2.24) is 0 Å². The molecule has 0 saturated carbocycles. The molecule has 0 saturated heterocycles. The van der Waals surface area contributed by atoms with Crippen LogP contribution in [0.5, 0.6) is 0 Å². The highest BCUT2D eigenvalue weighted by molar-refractivity contribution is 6.01. The van der Waals surface area contributed by atoms with Crippen LogP contribution in [0.1, 0.15) is 123 Å². The summed E-state index contributed by atoms with van der Waals surface area (Å²) in [4.78, 5) is 23.8. The van der Waals surface area contributed by atoms with Crippen molar-refractivity contribution in [3.05, 3.63) is 0 Å². The number of carboxylic acids is 1. The summed E-state index contributed by atoms with van der Waals surface area (Å²) in [5.74, 6) is -3.59. The molecule has 0 rings (SSSR count). The third-order valence-electron chi connectivity index (χ3n) is 5.72. The SMILES string of the molecule is CCCCCCCCCCCCC(O)C(=O)C(C(=O)O)C(O)CCCCCCC. The van der Waals surface area contributed by atoms with Crippen molar-refractivity contribution in [1.29, 1.82) is 0 Å². The Labute approximate surface area is 178 Å². The summed E-state index contributed by atoms with van der Waals surface area (Å²) in [6, 6.07) is 0. The van der Waals surface area contributed by atoms with Crippen molar-refractivity contribution in [2.75, 3.05) is 0 Å². The van der Waals surface area contributed by atoms with Gasteiger partial charge in [-0.25, -0.2) is 0 Å². The molecule has 0 radical (unpaired) electrons. The summed E-state index contributed by atoms with van der Waals surface area (Å²) in [6.45, 7) is 4.33. The van der Waals surface area contributed by atoms with Gasteiger partial charge < -0.3 is 15.3 Å². The minimum Gasteiger partial charge on any atom is -0.481 e. The molecule has 0 aliphatic rings. The highest BCUT2D eigenvalue weighted by Gasteiger charge is 2.36. The first-order valence-corrected chi connectivity index (χ1v) is 12.1. The Kier molecular flexibility index (Phi) is 18.4. The summed E-state index contributed by atoms with van der Waals surface area (Å²) < 4.78 is 0. The zero-order chi connectivity index (χ0) is 21.9. The maximum Gasteiger partial charge on any atom is 0.316 e. The van der Waals surface area contributed by atoms with Crippen molar-refractivity contribution in [3.8, 4) is 0 Å². The fourth-order valence-corrected chi connectivity index (χ4v) is 3.77. The normalized spacial score (nSPS) is 14.5. The number of unbranched alkanes of at least 4 members (excludes halogenated alkanes) is 13. The zero-order valence-corrected chi connectivity index (χ0v) is 18.9. The minimum atomic E-state index is -1.51. The number of carbonyl (C=O) groups is 2. The lowest BCUT2D eigenvalue weighted by molar-refractivity contribution is -0.154. The molecule has 0 aliphatic carbocycles. The molecule has 0 spiro atoms. The number of hydrogen-bond acceptors (Lipinski definition) is 4. The van der Waals surface area contributed by atoms with Gasteiger partial charge in [0.2, 0.25) is 0 Å². The van der Waals surface area contributed by atoms with Gasteiger partial charge in [-0.3, -0.25) is 9.59 Å². The van der Waals surface area contributed by atoms with Gasteiger partial charge in [-0.05, 0) is 12.8 Å². The number of hydrogen-bond donors (Lipinski definition) is 3. The van der Waals surface area contributed by atoms with Gasteiger partial charge >= 0.3 is 5.97 Å². The Morgan fingerprint density at radius 3 is 1.41 bits per heavy atom. The number of aliphatic hydroxyl groups excluding tert-OH is 2. The van der Waals surface area contributed by atoms with Crippen LogP contribution in [0.15, 0.2) is 0 Å². The van der Waals surface area contributed by atoms with E-state index in [4.69, 9.17) is 0 Å². The van der Waals surface area contributed by atoms with Crippen LogP contribution >= 0.6 is 0 Å².